The predicted molar refractivity (Wildman–Crippen MR) is 121 cm³/mol. The smallest absolute Gasteiger partial charge is 0.261 e. The maximum Gasteiger partial charge on any atom is 0.261 e. The Morgan fingerprint density at radius 3 is 2.30 bits per heavy atom. The van der Waals surface area contributed by atoms with E-state index >= 15 is 0 Å². The first-order chi connectivity index (χ1) is 15.9. The maximum atomic E-state index is 13.0. The lowest BCUT2D eigenvalue weighted by atomic mass is 10.1. The number of benzene rings is 2. The molecular formula is C23H20FN5O3S. The second-order valence-corrected chi connectivity index (χ2v) is 9.08. The summed E-state index contributed by atoms with van der Waals surface area (Å²) in [6.07, 6.45) is 1.63. The van der Waals surface area contributed by atoms with Crippen molar-refractivity contribution in [2.24, 2.45) is 0 Å². The van der Waals surface area contributed by atoms with Crippen LogP contribution < -0.4 is 9.62 Å². The molecule has 8 nitrogen and oxygen atoms in total. The molecule has 0 unspecified atom stereocenters. The number of hydrogen-bond donors (Lipinski definition) is 1. The summed E-state index contributed by atoms with van der Waals surface area (Å²) < 4.78 is 40.5. The lowest BCUT2D eigenvalue weighted by Gasteiger charge is -2.35. The Hall–Kier alpha value is -3.97. The van der Waals surface area contributed by atoms with E-state index in [0.29, 0.717) is 43.1 Å². The third-order valence-corrected chi connectivity index (χ3v) is 6.68. The zero-order valence-electron chi connectivity index (χ0n) is 17.5. The number of anilines is 2. The first-order valence-corrected chi connectivity index (χ1v) is 11.6. The highest BCUT2D eigenvalue weighted by Crippen LogP contribution is 2.20. The van der Waals surface area contributed by atoms with Gasteiger partial charge in [0, 0.05) is 43.6 Å². The van der Waals surface area contributed by atoms with Crippen LogP contribution in [-0.2, 0) is 10.0 Å². The average Bonchev–Trinajstić information content (AvgIpc) is 2.85. The van der Waals surface area contributed by atoms with Crippen molar-refractivity contribution in [2.75, 3.05) is 35.8 Å². The Morgan fingerprint density at radius 1 is 1.00 bits per heavy atom. The number of carbonyl (C=O) groups is 1. The number of sulfonamides is 1. The van der Waals surface area contributed by atoms with E-state index in [2.05, 4.69) is 15.8 Å². The number of hydrogen-bond acceptors (Lipinski definition) is 6. The van der Waals surface area contributed by atoms with Gasteiger partial charge in [0.15, 0.2) is 0 Å². The summed E-state index contributed by atoms with van der Waals surface area (Å²) in [5.41, 5.74) is 1.10. The van der Waals surface area contributed by atoms with Crippen LogP contribution in [-0.4, -0.2) is 50.4 Å². The molecule has 3 aromatic rings. The number of rotatable bonds is 5. The summed E-state index contributed by atoms with van der Waals surface area (Å²) >= 11 is 0. The Kier molecular flexibility index (Phi) is 6.24. The molecule has 168 valence electrons. The number of nitrogens with zero attached hydrogens (tertiary/aromatic N) is 4. The van der Waals surface area contributed by atoms with Crippen LogP contribution in [0.5, 0.6) is 0 Å². The van der Waals surface area contributed by atoms with E-state index in [1.54, 1.807) is 23.2 Å². The number of nitrogens with one attached hydrogen (secondary N) is 1. The standard InChI is InChI=1S/C23H20FN5O3S/c24-19-5-7-20(8-6-19)27-33(31,32)21-9-3-17(4-10-21)23(30)29-14-12-28(13-15-29)22-18(16-25)2-1-11-26-22/h1-11,27H,12-15H2. The van der Waals surface area contributed by atoms with Crippen LogP contribution in [0.4, 0.5) is 15.9 Å². The number of halogens is 1. The molecule has 1 aromatic heterocycles. The second-order valence-electron chi connectivity index (χ2n) is 7.40. The molecule has 1 aliphatic rings. The number of amides is 1. The number of nitriles is 1. The molecule has 2 heterocycles. The summed E-state index contributed by atoms with van der Waals surface area (Å²) in [6, 6.07) is 16.2. The van der Waals surface area contributed by atoms with Crippen molar-refractivity contribution < 1.29 is 17.6 Å². The predicted octanol–water partition coefficient (Wildman–Crippen LogP) is 2.86. The maximum absolute atomic E-state index is 13.0. The van der Waals surface area contributed by atoms with Gasteiger partial charge in [0.1, 0.15) is 17.7 Å². The molecule has 0 saturated carbocycles. The third kappa shape index (κ3) is 4.94. The minimum atomic E-state index is -3.88. The van der Waals surface area contributed by atoms with Crippen molar-refractivity contribution in [3.63, 3.8) is 0 Å². The number of aromatic nitrogens is 1. The quantitative estimate of drug-likeness (QED) is 0.621. The van der Waals surface area contributed by atoms with Crippen molar-refractivity contribution in [1.82, 2.24) is 9.88 Å². The molecule has 0 spiro atoms. The summed E-state index contributed by atoms with van der Waals surface area (Å²) in [7, 11) is -3.88. The van der Waals surface area contributed by atoms with Crippen molar-refractivity contribution in [1.29, 1.82) is 5.26 Å². The lowest BCUT2D eigenvalue weighted by Crippen LogP contribution is -2.49. The Labute approximate surface area is 190 Å². The van der Waals surface area contributed by atoms with E-state index in [4.69, 9.17) is 0 Å². The van der Waals surface area contributed by atoms with Gasteiger partial charge in [-0.15, -0.1) is 0 Å². The zero-order chi connectivity index (χ0) is 23.4. The number of carbonyl (C=O) groups excluding carboxylic acids is 1. The molecule has 0 radical (unpaired) electrons. The monoisotopic (exact) mass is 465 g/mol. The Morgan fingerprint density at radius 2 is 1.67 bits per heavy atom. The van der Waals surface area contributed by atoms with Crippen LogP contribution in [0.25, 0.3) is 0 Å². The molecular weight excluding hydrogens is 445 g/mol. The van der Waals surface area contributed by atoms with E-state index in [9.17, 15) is 22.9 Å². The van der Waals surface area contributed by atoms with Crippen molar-refractivity contribution >= 4 is 27.4 Å². The van der Waals surface area contributed by atoms with Gasteiger partial charge < -0.3 is 9.80 Å². The van der Waals surface area contributed by atoms with Crippen molar-refractivity contribution in [3.05, 3.63) is 83.8 Å². The molecule has 1 aliphatic heterocycles. The van der Waals surface area contributed by atoms with Crippen LogP contribution in [0.3, 0.4) is 0 Å². The van der Waals surface area contributed by atoms with E-state index in [0.717, 1.165) is 12.1 Å². The molecule has 4 rings (SSSR count). The normalized spacial score (nSPS) is 13.9. The first kappa shape index (κ1) is 22.2. The van der Waals surface area contributed by atoms with Crippen molar-refractivity contribution in [2.45, 2.75) is 4.90 Å². The molecule has 1 fully saturated rings. The van der Waals surface area contributed by atoms with Gasteiger partial charge >= 0.3 is 0 Å². The third-order valence-electron chi connectivity index (χ3n) is 5.28. The van der Waals surface area contributed by atoms with E-state index in [1.807, 2.05) is 4.90 Å². The first-order valence-electron chi connectivity index (χ1n) is 10.2. The van der Waals surface area contributed by atoms with Crippen LogP contribution in [0.15, 0.2) is 71.8 Å². The highest BCUT2D eigenvalue weighted by molar-refractivity contribution is 7.92. The van der Waals surface area contributed by atoms with Crippen LogP contribution in [0, 0.1) is 17.1 Å². The van der Waals surface area contributed by atoms with E-state index in [1.165, 1.54) is 36.4 Å². The molecule has 0 bridgehead atoms. The molecule has 10 heteroatoms. The highest BCUT2D eigenvalue weighted by atomic mass is 32.2. The summed E-state index contributed by atoms with van der Waals surface area (Å²) in [5, 5.41) is 9.27. The van der Waals surface area contributed by atoms with Gasteiger partial charge in [0.25, 0.3) is 15.9 Å². The summed E-state index contributed by atoms with van der Waals surface area (Å²) in [5.74, 6) is -0.0610. The fourth-order valence-electron chi connectivity index (χ4n) is 3.55. The minimum Gasteiger partial charge on any atom is -0.352 e. The minimum absolute atomic E-state index is 0.00706. The average molecular weight is 466 g/mol. The van der Waals surface area contributed by atoms with E-state index < -0.39 is 15.8 Å². The molecule has 0 atom stereocenters. The largest absolute Gasteiger partial charge is 0.352 e. The van der Waals surface area contributed by atoms with Gasteiger partial charge in [-0.25, -0.2) is 17.8 Å². The fraction of sp³-hybridized carbons (Fsp3) is 0.174. The molecule has 0 aliphatic carbocycles. The van der Waals surface area contributed by atoms with Gasteiger partial charge in [-0.1, -0.05) is 0 Å². The van der Waals surface area contributed by atoms with Crippen LogP contribution in [0.1, 0.15) is 15.9 Å². The van der Waals surface area contributed by atoms with Gasteiger partial charge in [-0.05, 0) is 60.7 Å². The van der Waals surface area contributed by atoms with Gasteiger partial charge in [0.05, 0.1) is 10.5 Å². The number of piperazine rings is 1. The van der Waals surface area contributed by atoms with Gasteiger partial charge in [-0.3, -0.25) is 9.52 Å². The van der Waals surface area contributed by atoms with Crippen LogP contribution in [0.2, 0.25) is 0 Å². The highest BCUT2D eigenvalue weighted by Gasteiger charge is 2.24. The summed E-state index contributed by atoms with van der Waals surface area (Å²) in [4.78, 5) is 20.8. The van der Waals surface area contributed by atoms with E-state index in [-0.39, 0.29) is 16.5 Å². The lowest BCUT2D eigenvalue weighted by molar-refractivity contribution is 0.0746. The second kappa shape index (κ2) is 9.26. The molecule has 1 N–H and O–H groups in total. The van der Waals surface area contributed by atoms with Gasteiger partial charge in [-0.2, -0.15) is 5.26 Å². The Bertz CT molecular complexity index is 1300. The Balaban J connectivity index is 1.40. The molecule has 1 amide bonds. The fourth-order valence-corrected chi connectivity index (χ4v) is 4.61. The topological polar surface area (TPSA) is 106 Å². The van der Waals surface area contributed by atoms with Crippen LogP contribution >= 0.6 is 0 Å². The molecule has 2 aromatic carbocycles. The zero-order valence-corrected chi connectivity index (χ0v) is 18.3. The summed E-state index contributed by atoms with van der Waals surface area (Å²) in [6.45, 7) is 1.97. The number of pyridine rings is 1. The molecule has 1 saturated heterocycles. The SMILES string of the molecule is N#Cc1cccnc1N1CCN(C(=O)c2ccc(S(=O)(=O)Nc3ccc(F)cc3)cc2)CC1. The molecule has 33 heavy (non-hydrogen) atoms. The van der Waals surface area contributed by atoms with Crippen molar-refractivity contribution in [3.8, 4) is 6.07 Å². The van der Waals surface area contributed by atoms with Gasteiger partial charge in [0.2, 0.25) is 0 Å².